The highest BCUT2D eigenvalue weighted by Crippen LogP contribution is 2.19. The van der Waals surface area contributed by atoms with Crippen molar-refractivity contribution < 1.29 is 8.42 Å². The highest BCUT2D eigenvalue weighted by Gasteiger charge is 2.12. The Balaban J connectivity index is 2.59. The van der Waals surface area contributed by atoms with Crippen LogP contribution in [0.1, 0.15) is 12.8 Å². The number of nitrogens with one attached hydrogen (secondary N) is 1. The summed E-state index contributed by atoms with van der Waals surface area (Å²) in [5, 5.41) is 8.25. The molecule has 6 heteroatoms. The molecular formula is C11H18N2O2S2. The van der Waals surface area contributed by atoms with Gasteiger partial charge in [-0.2, -0.15) is 11.8 Å². The van der Waals surface area contributed by atoms with E-state index < -0.39 is 10.0 Å². The molecule has 0 spiro atoms. The van der Waals surface area contributed by atoms with Crippen LogP contribution < -0.4 is 10.5 Å². The van der Waals surface area contributed by atoms with Gasteiger partial charge in [-0.1, -0.05) is 12.1 Å². The van der Waals surface area contributed by atoms with Crippen molar-refractivity contribution in [2.45, 2.75) is 17.7 Å². The lowest BCUT2D eigenvalue weighted by Gasteiger charge is -2.10. The Labute approximate surface area is 107 Å². The van der Waals surface area contributed by atoms with Gasteiger partial charge in [-0.25, -0.2) is 13.6 Å². The van der Waals surface area contributed by atoms with E-state index >= 15 is 0 Å². The molecule has 0 saturated heterocycles. The molecule has 0 fully saturated rings. The summed E-state index contributed by atoms with van der Waals surface area (Å²) < 4.78 is 22.6. The largest absolute Gasteiger partial charge is 0.384 e. The van der Waals surface area contributed by atoms with Crippen molar-refractivity contribution in [3.05, 3.63) is 24.3 Å². The van der Waals surface area contributed by atoms with Crippen LogP contribution in [0.2, 0.25) is 0 Å². The van der Waals surface area contributed by atoms with Gasteiger partial charge in [0.1, 0.15) is 4.90 Å². The van der Waals surface area contributed by atoms with Crippen molar-refractivity contribution in [2.24, 2.45) is 5.14 Å². The number of sulfonamides is 1. The van der Waals surface area contributed by atoms with Gasteiger partial charge in [-0.15, -0.1) is 0 Å². The van der Waals surface area contributed by atoms with Crippen LogP contribution in [0.4, 0.5) is 5.69 Å². The molecule has 0 aliphatic carbocycles. The Morgan fingerprint density at radius 2 is 2.00 bits per heavy atom. The lowest BCUT2D eigenvalue weighted by atomic mass is 10.3. The average Bonchev–Trinajstić information content (AvgIpc) is 2.28. The van der Waals surface area contributed by atoms with E-state index in [0.29, 0.717) is 5.69 Å². The summed E-state index contributed by atoms with van der Waals surface area (Å²) in [6.45, 7) is 0.757. The van der Waals surface area contributed by atoms with Crippen LogP contribution >= 0.6 is 11.8 Å². The molecule has 0 aliphatic heterocycles. The number of benzene rings is 1. The van der Waals surface area contributed by atoms with Crippen LogP contribution in [0.3, 0.4) is 0 Å². The zero-order chi connectivity index (χ0) is 12.7. The Hall–Kier alpha value is -0.720. The number of unbranched alkanes of at least 4 members (excludes halogenated alkanes) is 1. The van der Waals surface area contributed by atoms with Crippen LogP contribution in [0.5, 0.6) is 0 Å². The van der Waals surface area contributed by atoms with Crippen molar-refractivity contribution in [3.8, 4) is 0 Å². The van der Waals surface area contributed by atoms with Gasteiger partial charge in [-0.05, 0) is 37.0 Å². The van der Waals surface area contributed by atoms with E-state index in [4.69, 9.17) is 5.14 Å². The third-order valence-electron chi connectivity index (χ3n) is 2.28. The molecular weight excluding hydrogens is 256 g/mol. The molecule has 0 bridgehead atoms. The minimum Gasteiger partial charge on any atom is -0.384 e. The van der Waals surface area contributed by atoms with Crippen LogP contribution in [-0.4, -0.2) is 27.0 Å². The average molecular weight is 274 g/mol. The molecule has 3 N–H and O–H groups in total. The van der Waals surface area contributed by atoms with Crippen molar-refractivity contribution >= 4 is 27.5 Å². The van der Waals surface area contributed by atoms with Crippen molar-refractivity contribution in [2.75, 3.05) is 23.9 Å². The monoisotopic (exact) mass is 274 g/mol. The topological polar surface area (TPSA) is 72.2 Å². The molecule has 4 nitrogen and oxygen atoms in total. The van der Waals surface area contributed by atoms with Gasteiger partial charge in [0.05, 0.1) is 5.69 Å². The quantitative estimate of drug-likeness (QED) is 0.745. The minimum atomic E-state index is -3.65. The molecule has 0 saturated carbocycles. The minimum absolute atomic E-state index is 0.157. The summed E-state index contributed by atoms with van der Waals surface area (Å²) in [4.78, 5) is 0.157. The fourth-order valence-electron chi connectivity index (χ4n) is 1.46. The van der Waals surface area contributed by atoms with Crippen LogP contribution in [-0.2, 0) is 10.0 Å². The van der Waals surface area contributed by atoms with Crippen molar-refractivity contribution in [3.63, 3.8) is 0 Å². The first-order valence-electron chi connectivity index (χ1n) is 5.40. The van der Waals surface area contributed by atoms with E-state index in [1.165, 1.54) is 6.07 Å². The first-order valence-corrected chi connectivity index (χ1v) is 8.34. The maximum atomic E-state index is 11.3. The number of hydrogen-bond acceptors (Lipinski definition) is 4. The van der Waals surface area contributed by atoms with E-state index in [-0.39, 0.29) is 4.90 Å². The summed E-state index contributed by atoms with van der Waals surface area (Å²) >= 11 is 1.81. The van der Waals surface area contributed by atoms with E-state index in [0.717, 1.165) is 25.1 Å². The summed E-state index contributed by atoms with van der Waals surface area (Å²) in [5.41, 5.74) is 0.583. The second kappa shape index (κ2) is 6.88. The summed E-state index contributed by atoms with van der Waals surface area (Å²) in [5.74, 6) is 1.12. The predicted molar refractivity (Wildman–Crippen MR) is 73.9 cm³/mol. The number of primary sulfonamides is 1. The fraction of sp³-hybridized carbons (Fsp3) is 0.455. The molecule has 0 amide bonds. The van der Waals surface area contributed by atoms with E-state index in [2.05, 4.69) is 11.6 Å². The molecule has 1 rings (SSSR count). The standard InChI is InChI=1S/C11H18N2O2S2/c1-16-9-5-4-8-13-10-6-2-3-7-11(10)17(12,14)15/h2-3,6-7,13H,4-5,8-9H2,1H3,(H2,12,14,15). The van der Waals surface area contributed by atoms with Gasteiger partial charge in [-0.3, -0.25) is 0 Å². The smallest absolute Gasteiger partial charge is 0.240 e. The van der Waals surface area contributed by atoms with E-state index in [1.807, 2.05) is 11.8 Å². The van der Waals surface area contributed by atoms with Gasteiger partial charge in [0.25, 0.3) is 0 Å². The molecule has 96 valence electrons. The van der Waals surface area contributed by atoms with Gasteiger partial charge in [0.15, 0.2) is 0 Å². The molecule has 0 aliphatic rings. The van der Waals surface area contributed by atoms with Crippen molar-refractivity contribution in [1.29, 1.82) is 0 Å². The summed E-state index contributed by atoms with van der Waals surface area (Å²) in [7, 11) is -3.65. The van der Waals surface area contributed by atoms with E-state index in [9.17, 15) is 8.42 Å². The van der Waals surface area contributed by atoms with Gasteiger partial charge >= 0.3 is 0 Å². The fourth-order valence-corrected chi connectivity index (χ4v) is 2.66. The van der Waals surface area contributed by atoms with Crippen LogP contribution in [0.25, 0.3) is 0 Å². The van der Waals surface area contributed by atoms with Gasteiger partial charge in [0.2, 0.25) is 10.0 Å². The van der Waals surface area contributed by atoms with Gasteiger partial charge < -0.3 is 5.32 Å². The Bertz CT molecular complexity index is 447. The second-order valence-corrected chi connectivity index (χ2v) is 6.18. The zero-order valence-electron chi connectivity index (χ0n) is 9.85. The molecule has 0 aromatic heterocycles. The number of rotatable bonds is 7. The normalized spacial score (nSPS) is 11.4. The maximum absolute atomic E-state index is 11.3. The number of nitrogens with two attached hydrogens (primary N) is 1. The van der Waals surface area contributed by atoms with Gasteiger partial charge in [0, 0.05) is 6.54 Å². The third-order valence-corrected chi connectivity index (χ3v) is 3.95. The summed E-state index contributed by atoms with van der Waals surface area (Å²) in [6.07, 6.45) is 4.20. The second-order valence-electron chi connectivity index (χ2n) is 3.67. The van der Waals surface area contributed by atoms with Crippen LogP contribution in [0, 0.1) is 0 Å². The van der Waals surface area contributed by atoms with Crippen molar-refractivity contribution in [1.82, 2.24) is 0 Å². The SMILES string of the molecule is CSCCCCNc1ccccc1S(N)(=O)=O. The predicted octanol–water partition coefficient (Wildman–Crippen LogP) is 1.89. The highest BCUT2D eigenvalue weighted by molar-refractivity contribution is 7.98. The number of anilines is 1. The first kappa shape index (κ1) is 14.3. The first-order chi connectivity index (χ1) is 8.05. The Morgan fingerprint density at radius 1 is 1.29 bits per heavy atom. The Kier molecular flexibility index (Phi) is 5.80. The molecule has 0 atom stereocenters. The maximum Gasteiger partial charge on any atom is 0.240 e. The lowest BCUT2D eigenvalue weighted by Crippen LogP contribution is -2.15. The molecule has 0 heterocycles. The third kappa shape index (κ3) is 4.97. The molecule has 1 aromatic carbocycles. The Morgan fingerprint density at radius 3 is 2.65 bits per heavy atom. The lowest BCUT2D eigenvalue weighted by molar-refractivity contribution is 0.598. The zero-order valence-corrected chi connectivity index (χ0v) is 11.5. The summed E-state index contributed by atoms with van der Waals surface area (Å²) in [6, 6.07) is 6.70. The number of thioether (sulfide) groups is 1. The molecule has 17 heavy (non-hydrogen) atoms. The molecule has 0 unspecified atom stereocenters. The number of hydrogen-bond donors (Lipinski definition) is 2. The highest BCUT2D eigenvalue weighted by atomic mass is 32.2. The molecule has 1 aromatic rings. The van der Waals surface area contributed by atoms with E-state index in [1.54, 1.807) is 18.2 Å². The number of para-hydroxylation sites is 1. The van der Waals surface area contributed by atoms with Crippen LogP contribution in [0.15, 0.2) is 29.2 Å². The molecule has 0 radical (unpaired) electrons.